The lowest BCUT2D eigenvalue weighted by Gasteiger charge is -2.35. The van der Waals surface area contributed by atoms with Crippen molar-refractivity contribution in [2.45, 2.75) is 46.0 Å². The maximum absolute atomic E-state index is 12.6. The third-order valence-electron chi connectivity index (χ3n) is 4.47. The summed E-state index contributed by atoms with van der Waals surface area (Å²) in [7, 11) is 0. The summed E-state index contributed by atoms with van der Waals surface area (Å²) < 4.78 is 0. The van der Waals surface area contributed by atoms with Gasteiger partial charge >= 0.3 is 0 Å². The maximum Gasteiger partial charge on any atom is 0.231 e. The molecule has 1 atom stereocenters. The monoisotopic (exact) mass is 274 g/mol. The summed E-state index contributed by atoms with van der Waals surface area (Å²) in [6.07, 6.45) is 2.94. The fraction of sp³-hybridized carbons (Fsp3) is 0.588. The highest BCUT2D eigenvalue weighted by Crippen LogP contribution is 2.31. The van der Waals surface area contributed by atoms with Gasteiger partial charge in [0.05, 0.1) is 5.41 Å². The highest BCUT2D eigenvalue weighted by Gasteiger charge is 2.37. The Bertz CT molecular complexity index is 445. The molecule has 1 aromatic rings. The molecule has 2 rings (SSSR count). The number of hydrogen-bond acceptors (Lipinski definition) is 2. The van der Waals surface area contributed by atoms with E-state index in [2.05, 4.69) is 43.5 Å². The van der Waals surface area contributed by atoms with Crippen molar-refractivity contribution in [3.8, 4) is 0 Å². The molecule has 1 aromatic carbocycles. The van der Waals surface area contributed by atoms with Crippen LogP contribution in [0.5, 0.6) is 0 Å². The molecule has 20 heavy (non-hydrogen) atoms. The summed E-state index contributed by atoms with van der Waals surface area (Å²) in [5.74, 6) is 0.675. The van der Waals surface area contributed by atoms with E-state index in [4.69, 9.17) is 0 Å². The van der Waals surface area contributed by atoms with Gasteiger partial charge in [-0.1, -0.05) is 32.9 Å². The van der Waals surface area contributed by atoms with Crippen LogP contribution in [0.3, 0.4) is 0 Å². The number of rotatable bonds is 4. The van der Waals surface area contributed by atoms with Crippen molar-refractivity contribution < 1.29 is 4.79 Å². The highest BCUT2D eigenvalue weighted by molar-refractivity contribution is 5.95. The third kappa shape index (κ3) is 3.21. The van der Waals surface area contributed by atoms with Crippen LogP contribution < -0.4 is 10.6 Å². The maximum atomic E-state index is 12.6. The zero-order valence-corrected chi connectivity index (χ0v) is 12.8. The van der Waals surface area contributed by atoms with Gasteiger partial charge in [-0.25, -0.2) is 0 Å². The predicted molar refractivity (Wildman–Crippen MR) is 84.0 cm³/mol. The number of carbonyl (C=O) groups excluding carboxylic acids is 1. The van der Waals surface area contributed by atoms with E-state index in [-0.39, 0.29) is 11.3 Å². The first kappa shape index (κ1) is 15.0. The lowest BCUT2D eigenvalue weighted by molar-refractivity contribution is -0.126. The summed E-state index contributed by atoms with van der Waals surface area (Å²) >= 11 is 0. The second-order valence-electron chi connectivity index (χ2n) is 6.15. The molecule has 1 aliphatic rings. The molecule has 0 radical (unpaired) electrons. The molecule has 0 spiro atoms. The number of piperidine rings is 1. The minimum Gasteiger partial charge on any atom is -0.326 e. The van der Waals surface area contributed by atoms with Crippen molar-refractivity contribution in [1.82, 2.24) is 5.32 Å². The van der Waals surface area contributed by atoms with Crippen molar-refractivity contribution in [3.05, 3.63) is 29.8 Å². The van der Waals surface area contributed by atoms with E-state index in [9.17, 15) is 4.79 Å². The Hall–Kier alpha value is -1.35. The minimum absolute atomic E-state index is 0.157. The van der Waals surface area contributed by atoms with Crippen LogP contribution in [0.25, 0.3) is 0 Å². The van der Waals surface area contributed by atoms with E-state index < -0.39 is 0 Å². The van der Waals surface area contributed by atoms with E-state index in [1.54, 1.807) is 0 Å². The van der Waals surface area contributed by atoms with E-state index in [1.807, 2.05) is 12.1 Å². The molecular formula is C17H26N2O. The topological polar surface area (TPSA) is 41.1 Å². The van der Waals surface area contributed by atoms with Gasteiger partial charge in [-0.05, 0) is 49.4 Å². The lowest BCUT2D eigenvalue weighted by atomic mass is 9.77. The average molecular weight is 274 g/mol. The zero-order chi connectivity index (χ0) is 14.6. The Morgan fingerprint density at radius 2 is 2.05 bits per heavy atom. The zero-order valence-electron chi connectivity index (χ0n) is 12.8. The van der Waals surface area contributed by atoms with Gasteiger partial charge < -0.3 is 10.6 Å². The summed E-state index contributed by atoms with van der Waals surface area (Å²) in [4.78, 5) is 12.6. The van der Waals surface area contributed by atoms with Crippen molar-refractivity contribution in [1.29, 1.82) is 0 Å². The first-order chi connectivity index (χ1) is 9.57. The quantitative estimate of drug-likeness (QED) is 0.882. The van der Waals surface area contributed by atoms with Crippen LogP contribution in [0.1, 0.15) is 51.5 Å². The average Bonchev–Trinajstić information content (AvgIpc) is 2.48. The second-order valence-corrected chi connectivity index (χ2v) is 6.15. The molecule has 0 bridgehead atoms. The second kappa shape index (κ2) is 6.40. The van der Waals surface area contributed by atoms with Crippen molar-refractivity contribution in [2.24, 2.45) is 5.41 Å². The number of benzene rings is 1. The SMILES string of the molecule is CCC1(C(=O)Nc2ccc(C(C)C)cc2)CCCNC1. The Labute approximate surface area is 122 Å². The highest BCUT2D eigenvalue weighted by atomic mass is 16.2. The summed E-state index contributed by atoms with van der Waals surface area (Å²) in [6.45, 7) is 8.27. The fourth-order valence-corrected chi connectivity index (χ4v) is 2.84. The smallest absolute Gasteiger partial charge is 0.231 e. The summed E-state index contributed by atoms with van der Waals surface area (Å²) in [6, 6.07) is 8.20. The van der Waals surface area contributed by atoms with Crippen LogP contribution in [0.15, 0.2) is 24.3 Å². The van der Waals surface area contributed by atoms with Crippen LogP contribution in [-0.4, -0.2) is 19.0 Å². The van der Waals surface area contributed by atoms with Gasteiger partial charge in [-0.3, -0.25) is 4.79 Å². The summed E-state index contributed by atoms with van der Waals surface area (Å²) in [5.41, 5.74) is 1.96. The molecule has 0 aromatic heterocycles. The van der Waals surface area contributed by atoms with E-state index >= 15 is 0 Å². The molecule has 0 saturated carbocycles. The van der Waals surface area contributed by atoms with Crippen molar-refractivity contribution in [3.63, 3.8) is 0 Å². The van der Waals surface area contributed by atoms with Crippen LogP contribution in [0.2, 0.25) is 0 Å². The normalized spacial score (nSPS) is 22.8. The van der Waals surface area contributed by atoms with Crippen LogP contribution in [-0.2, 0) is 4.79 Å². The number of anilines is 1. The largest absolute Gasteiger partial charge is 0.326 e. The number of carbonyl (C=O) groups is 1. The molecule has 3 heteroatoms. The van der Waals surface area contributed by atoms with Gasteiger partial charge in [0.15, 0.2) is 0 Å². The van der Waals surface area contributed by atoms with Crippen molar-refractivity contribution >= 4 is 11.6 Å². The van der Waals surface area contributed by atoms with E-state index in [1.165, 1.54) is 5.56 Å². The number of nitrogens with one attached hydrogen (secondary N) is 2. The first-order valence-electron chi connectivity index (χ1n) is 7.69. The molecular weight excluding hydrogens is 248 g/mol. The molecule has 1 heterocycles. The number of hydrogen-bond donors (Lipinski definition) is 2. The Morgan fingerprint density at radius 1 is 1.35 bits per heavy atom. The molecule has 1 saturated heterocycles. The van der Waals surface area contributed by atoms with E-state index in [0.29, 0.717) is 5.92 Å². The van der Waals surface area contributed by atoms with E-state index in [0.717, 1.165) is 38.0 Å². The van der Waals surface area contributed by atoms with Gasteiger partial charge in [0, 0.05) is 12.2 Å². The molecule has 2 N–H and O–H groups in total. The Balaban J connectivity index is 2.06. The van der Waals surface area contributed by atoms with Gasteiger partial charge in [0.1, 0.15) is 0 Å². The molecule has 110 valence electrons. The minimum atomic E-state index is -0.241. The van der Waals surface area contributed by atoms with Gasteiger partial charge in [-0.2, -0.15) is 0 Å². The molecule has 1 amide bonds. The van der Waals surface area contributed by atoms with Crippen LogP contribution in [0, 0.1) is 5.41 Å². The summed E-state index contributed by atoms with van der Waals surface area (Å²) in [5, 5.41) is 6.45. The molecule has 1 aliphatic heterocycles. The molecule has 0 aliphatic carbocycles. The number of amides is 1. The molecule has 1 unspecified atom stereocenters. The van der Waals surface area contributed by atoms with Gasteiger partial charge in [0.2, 0.25) is 5.91 Å². The molecule has 3 nitrogen and oxygen atoms in total. The fourth-order valence-electron chi connectivity index (χ4n) is 2.84. The lowest BCUT2D eigenvalue weighted by Crippen LogP contribution is -2.47. The van der Waals surface area contributed by atoms with Gasteiger partial charge in [-0.15, -0.1) is 0 Å². The first-order valence-corrected chi connectivity index (χ1v) is 7.69. The standard InChI is InChI=1S/C17H26N2O/c1-4-17(10-5-11-18-12-17)16(20)19-15-8-6-14(7-9-15)13(2)3/h6-9,13,18H,4-5,10-12H2,1-3H3,(H,19,20). The Morgan fingerprint density at radius 3 is 2.55 bits per heavy atom. The molecule has 1 fully saturated rings. The van der Waals surface area contributed by atoms with Crippen LogP contribution >= 0.6 is 0 Å². The third-order valence-corrected chi connectivity index (χ3v) is 4.47. The Kier molecular flexibility index (Phi) is 4.81. The van der Waals surface area contributed by atoms with Crippen molar-refractivity contribution in [2.75, 3.05) is 18.4 Å². The van der Waals surface area contributed by atoms with Gasteiger partial charge in [0.25, 0.3) is 0 Å². The van der Waals surface area contributed by atoms with Crippen LogP contribution in [0.4, 0.5) is 5.69 Å². The predicted octanol–water partition coefficient (Wildman–Crippen LogP) is 3.53.